The van der Waals surface area contributed by atoms with Gasteiger partial charge in [-0.3, -0.25) is 0 Å². The van der Waals surface area contributed by atoms with Crippen LogP contribution in [-0.4, -0.2) is 6.26 Å². The van der Waals surface area contributed by atoms with Gasteiger partial charge in [0.25, 0.3) is 0 Å². The van der Waals surface area contributed by atoms with Crippen LogP contribution in [-0.2, 0) is 0 Å². The summed E-state index contributed by atoms with van der Waals surface area (Å²) in [5, 5.41) is 4.00. The highest BCUT2D eigenvalue weighted by atomic mass is 32.2. The van der Waals surface area contributed by atoms with Crippen LogP contribution in [0.4, 0.5) is 0 Å². The lowest BCUT2D eigenvalue weighted by Crippen LogP contribution is -1.87. The first-order valence-corrected chi connectivity index (χ1v) is 23.1. The van der Waals surface area contributed by atoms with Crippen LogP contribution in [0.25, 0.3) is 98.0 Å². The maximum Gasteiger partial charge on any atom is 0.0361 e. The Morgan fingerprint density at radius 3 is 1.63 bits per heavy atom. The molecule has 8 aromatic carbocycles. The summed E-state index contributed by atoms with van der Waals surface area (Å²) in [4.78, 5) is 2.56. The zero-order valence-corrected chi connectivity index (χ0v) is 36.4. The van der Waals surface area contributed by atoms with Gasteiger partial charge in [-0.15, -0.1) is 34.4 Å². The van der Waals surface area contributed by atoms with Crippen molar-refractivity contribution < 1.29 is 0 Å². The van der Waals surface area contributed by atoms with E-state index in [1.165, 1.54) is 107 Å². The Labute approximate surface area is 365 Å². The molecular weight excluding hydrogens is 781 g/mol. The van der Waals surface area contributed by atoms with E-state index in [1.54, 1.807) is 23.1 Å². The highest BCUT2D eigenvalue weighted by Crippen LogP contribution is 2.39. The van der Waals surface area contributed by atoms with Gasteiger partial charge in [0.2, 0.25) is 0 Å². The Bertz CT molecular complexity index is 3170. The van der Waals surface area contributed by atoms with Gasteiger partial charge in [-0.05, 0) is 129 Å². The van der Waals surface area contributed by atoms with Crippen molar-refractivity contribution >= 4 is 76.8 Å². The third-order valence-electron chi connectivity index (χ3n) is 11.0. The van der Waals surface area contributed by atoms with E-state index in [-0.39, 0.29) is 0 Å². The molecule has 0 aliphatic heterocycles. The molecule has 60 heavy (non-hydrogen) atoms. The highest BCUT2D eigenvalue weighted by Gasteiger charge is 2.11. The van der Waals surface area contributed by atoms with Crippen LogP contribution in [0.5, 0.6) is 0 Å². The van der Waals surface area contributed by atoms with Gasteiger partial charge in [0.1, 0.15) is 0 Å². The number of allylic oxidation sites excluding steroid dienone is 1. The number of aryl methyl sites for hydroxylation is 1. The Balaban J connectivity index is 0.000000280. The zero-order valence-electron chi connectivity index (χ0n) is 34.0. The van der Waals surface area contributed by atoms with Crippen molar-refractivity contribution in [1.29, 1.82) is 0 Å². The largest absolute Gasteiger partial charge is 0.135 e. The van der Waals surface area contributed by atoms with E-state index in [0.717, 1.165) is 0 Å². The first-order chi connectivity index (χ1) is 29.5. The number of benzene rings is 8. The minimum atomic E-state index is 1.22. The maximum atomic E-state index is 3.85. The molecule has 0 unspecified atom stereocenters. The Kier molecular flexibility index (Phi) is 11.5. The van der Waals surface area contributed by atoms with Gasteiger partial charge in [0.15, 0.2) is 0 Å². The first-order valence-electron chi connectivity index (χ1n) is 20.2. The fourth-order valence-corrected chi connectivity index (χ4v) is 10.9. The van der Waals surface area contributed by atoms with E-state index in [9.17, 15) is 0 Å². The zero-order chi connectivity index (χ0) is 41.0. The third-order valence-corrected chi connectivity index (χ3v) is 14.1. The summed E-state index contributed by atoms with van der Waals surface area (Å²) in [5.41, 5.74) is 15.0. The highest BCUT2D eigenvalue weighted by molar-refractivity contribution is 7.98. The minimum Gasteiger partial charge on any atom is -0.135 e. The fraction of sp³-hybridized carbons (Fsp3) is 0.0526. The standard InChI is InChI=1S/C44H32S2.C13H12S/c1-29-23-37(27-38(24-29)36-21-22-41-40-14-4-6-16-43(40)46-44(41)28-36)35-12-8-11-34(26-35)33-10-7-9-32(25-33)30-17-19-31(20-18-30)39-13-3-5-15-42(39)45-2;1-3-7-10-11-8-5-6-9-13(11)14-12(10)4-2/h3-28H,1-2H3;3-9H,2H2,1H3/b;7-3-. The Morgan fingerprint density at radius 2 is 0.967 bits per heavy atom. The lowest BCUT2D eigenvalue weighted by molar-refractivity contribution is 1.45. The quantitative estimate of drug-likeness (QED) is 0.138. The number of thiophene rings is 2. The summed E-state index contributed by atoms with van der Waals surface area (Å²) in [6.45, 7) is 8.08. The van der Waals surface area contributed by atoms with Crippen LogP contribution >= 0.6 is 34.4 Å². The molecule has 0 aliphatic rings. The average Bonchev–Trinajstić information content (AvgIpc) is 3.87. The predicted octanol–water partition coefficient (Wildman–Crippen LogP) is 18.0. The molecule has 2 heterocycles. The molecule has 10 aromatic rings. The minimum absolute atomic E-state index is 1.22. The lowest BCUT2D eigenvalue weighted by atomic mass is 9.93. The monoisotopic (exact) mass is 824 g/mol. The van der Waals surface area contributed by atoms with E-state index in [1.807, 2.05) is 24.3 Å². The van der Waals surface area contributed by atoms with E-state index in [0.29, 0.717) is 0 Å². The molecule has 0 bridgehead atoms. The maximum absolute atomic E-state index is 3.85. The van der Waals surface area contributed by atoms with Gasteiger partial charge < -0.3 is 0 Å². The summed E-state index contributed by atoms with van der Waals surface area (Å²) < 4.78 is 4.01. The molecule has 0 amide bonds. The normalized spacial score (nSPS) is 11.3. The van der Waals surface area contributed by atoms with Crippen molar-refractivity contribution in [3.8, 4) is 55.6 Å². The summed E-state index contributed by atoms with van der Waals surface area (Å²) in [7, 11) is 0. The smallest absolute Gasteiger partial charge is 0.0361 e. The van der Waals surface area contributed by atoms with Crippen LogP contribution < -0.4 is 0 Å². The molecule has 0 radical (unpaired) electrons. The summed E-state index contributed by atoms with van der Waals surface area (Å²) in [5.74, 6) is 0. The van der Waals surface area contributed by atoms with Crippen molar-refractivity contribution in [3.05, 3.63) is 211 Å². The molecule has 0 spiro atoms. The van der Waals surface area contributed by atoms with E-state index >= 15 is 0 Å². The van der Waals surface area contributed by atoms with Gasteiger partial charge in [-0.2, -0.15) is 0 Å². The predicted molar refractivity (Wildman–Crippen MR) is 270 cm³/mol. The van der Waals surface area contributed by atoms with Crippen molar-refractivity contribution in [1.82, 2.24) is 0 Å². The van der Waals surface area contributed by atoms with E-state index in [2.05, 4.69) is 214 Å². The van der Waals surface area contributed by atoms with Gasteiger partial charge in [-0.1, -0.05) is 164 Å². The molecule has 10 rings (SSSR count). The first kappa shape index (κ1) is 39.2. The van der Waals surface area contributed by atoms with Crippen molar-refractivity contribution in [2.75, 3.05) is 6.26 Å². The molecule has 0 N–H and O–H groups in total. The average molecular weight is 825 g/mol. The molecule has 0 aliphatic carbocycles. The molecular formula is C57H44S3. The number of hydrogen-bond donors (Lipinski definition) is 0. The molecule has 0 fully saturated rings. The molecule has 0 nitrogen and oxygen atoms in total. The summed E-state index contributed by atoms with van der Waals surface area (Å²) in [6, 6.07) is 66.5. The molecule has 290 valence electrons. The van der Waals surface area contributed by atoms with Crippen molar-refractivity contribution in [3.63, 3.8) is 0 Å². The fourth-order valence-electron chi connectivity index (χ4n) is 8.08. The second-order valence-electron chi connectivity index (χ2n) is 14.9. The SMILES string of the molecule is C=Cc1sc2ccccc2c1/C=C\C.CSc1ccccc1-c1ccc(-c2cccc(-c3cccc(-c4cc(C)cc(-c5ccc6c(c5)sc5ccccc56)c4)c3)c2)cc1. The van der Waals surface area contributed by atoms with Crippen LogP contribution in [0.3, 0.4) is 0 Å². The topological polar surface area (TPSA) is 0 Å². The lowest BCUT2D eigenvalue weighted by Gasteiger charge is -2.12. The van der Waals surface area contributed by atoms with E-state index < -0.39 is 0 Å². The summed E-state index contributed by atoms with van der Waals surface area (Å²) >= 11 is 5.46. The molecule has 3 heteroatoms. The number of hydrogen-bond acceptors (Lipinski definition) is 3. The van der Waals surface area contributed by atoms with Crippen LogP contribution in [0.15, 0.2) is 200 Å². The van der Waals surface area contributed by atoms with Gasteiger partial charge in [0, 0.05) is 40.0 Å². The van der Waals surface area contributed by atoms with E-state index in [4.69, 9.17) is 0 Å². The third kappa shape index (κ3) is 8.05. The molecule has 2 aromatic heterocycles. The Hall–Kier alpha value is -6.23. The number of fused-ring (bicyclic) bond motifs is 4. The molecule has 0 atom stereocenters. The van der Waals surface area contributed by atoms with Crippen LogP contribution in [0.2, 0.25) is 0 Å². The van der Waals surface area contributed by atoms with Crippen molar-refractivity contribution in [2.24, 2.45) is 0 Å². The van der Waals surface area contributed by atoms with Crippen LogP contribution in [0.1, 0.15) is 22.9 Å². The van der Waals surface area contributed by atoms with Crippen molar-refractivity contribution in [2.45, 2.75) is 18.7 Å². The summed E-state index contributed by atoms with van der Waals surface area (Å²) in [6.07, 6.45) is 8.29. The van der Waals surface area contributed by atoms with Gasteiger partial charge in [0.05, 0.1) is 0 Å². The second-order valence-corrected chi connectivity index (χ2v) is 17.9. The van der Waals surface area contributed by atoms with Crippen LogP contribution in [0, 0.1) is 6.92 Å². The second kappa shape index (κ2) is 17.6. The number of thioether (sulfide) groups is 1. The van der Waals surface area contributed by atoms with Gasteiger partial charge >= 0.3 is 0 Å². The Morgan fingerprint density at radius 1 is 0.450 bits per heavy atom. The van der Waals surface area contributed by atoms with Gasteiger partial charge in [-0.25, -0.2) is 0 Å². The molecule has 0 saturated carbocycles. The molecule has 0 saturated heterocycles. The number of rotatable bonds is 8.